The lowest BCUT2D eigenvalue weighted by Crippen LogP contribution is -2.31. The normalized spacial score (nSPS) is 10.8. The summed E-state index contributed by atoms with van der Waals surface area (Å²) in [7, 11) is 1.61. The van der Waals surface area contributed by atoms with Crippen LogP contribution in [0.15, 0.2) is 48.5 Å². The average molecular weight is 391 g/mol. The SMILES string of the molecule is COc1ccc2cc(C(=O)Nc3ccc(CC(=O)NC(C)C)cc3)c(C)nc2c1. The molecular formula is C23H25N3O3. The summed E-state index contributed by atoms with van der Waals surface area (Å²) in [5, 5.41) is 6.63. The average Bonchev–Trinajstić information content (AvgIpc) is 2.67. The molecule has 0 radical (unpaired) electrons. The van der Waals surface area contributed by atoms with Crippen LogP contribution in [-0.2, 0) is 11.2 Å². The molecule has 0 aliphatic carbocycles. The molecule has 0 aliphatic rings. The van der Waals surface area contributed by atoms with Crippen molar-refractivity contribution in [2.24, 2.45) is 0 Å². The molecule has 29 heavy (non-hydrogen) atoms. The summed E-state index contributed by atoms with van der Waals surface area (Å²) in [4.78, 5) is 29.1. The molecule has 3 rings (SSSR count). The number of aromatic nitrogens is 1. The van der Waals surface area contributed by atoms with Crippen LogP contribution in [0.3, 0.4) is 0 Å². The lowest BCUT2D eigenvalue weighted by molar-refractivity contribution is -0.120. The molecule has 3 aromatic rings. The minimum absolute atomic E-state index is 0.0220. The molecule has 0 fully saturated rings. The first-order valence-electron chi connectivity index (χ1n) is 9.51. The van der Waals surface area contributed by atoms with Crippen molar-refractivity contribution in [2.45, 2.75) is 33.2 Å². The van der Waals surface area contributed by atoms with Crippen LogP contribution in [-0.4, -0.2) is 29.9 Å². The summed E-state index contributed by atoms with van der Waals surface area (Å²) >= 11 is 0. The van der Waals surface area contributed by atoms with E-state index in [0.717, 1.165) is 22.2 Å². The number of rotatable bonds is 6. The van der Waals surface area contributed by atoms with E-state index in [1.165, 1.54) is 0 Å². The maximum atomic E-state index is 12.7. The number of benzene rings is 2. The molecule has 2 N–H and O–H groups in total. The first kappa shape index (κ1) is 20.3. The largest absolute Gasteiger partial charge is 0.497 e. The summed E-state index contributed by atoms with van der Waals surface area (Å²) in [6.07, 6.45) is 0.309. The predicted octanol–water partition coefficient (Wildman–Crippen LogP) is 3.87. The van der Waals surface area contributed by atoms with Gasteiger partial charge in [0.2, 0.25) is 5.91 Å². The quantitative estimate of drug-likeness (QED) is 0.668. The lowest BCUT2D eigenvalue weighted by atomic mass is 10.1. The third kappa shape index (κ3) is 5.10. The van der Waals surface area contributed by atoms with Crippen LogP contribution in [0.4, 0.5) is 5.69 Å². The van der Waals surface area contributed by atoms with E-state index in [1.807, 2.05) is 57.2 Å². The van der Waals surface area contributed by atoms with E-state index >= 15 is 0 Å². The number of fused-ring (bicyclic) bond motifs is 1. The molecule has 0 atom stereocenters. The van der Waals surface area contributed by atoms with Gasteiger partial charge in [-0.05, 0) is 56.7 Å². The summed E-state index contributed by atoms with van der Waals surface area (Å²) in [5.41, 5.74) is 3.49. The van der Waals surface area contributed by atoms with Gasteiger partial charge in [-0.15, -0.1) is 0 Å². The van der Waals surface area contributed by atoms with Crippen LogP contribution in [0.5, 0.6) is 5.75 Å². The third-order valence-corrected chi connectivity index (χ3v) is 4.49. The number of amides is 2. The number of hydrogen-bond donors (Lipinski definition) is 2. The summed E-state index contributed by atoms with van der Waals surface area (Å²) in [6.45, 7) is 5.66. The maximum absolute atomic E-state index is 12.7. The fourth-order valence-electron chi connectivity index (χ4n) is 3.06. The van der Waals surface area contributed by atoms with Gasteiger partial charge in [-0.3, -0.25) is 14.6 Å². The standard InChI is InChI=1S/C23H25N3O3/c1-14(2)24-22(27)11-16-5-8-18(9-6-16)26-23(28)20-12-17-7-10-19(29-4)13-21(17)25-15(20)3/h5-10,12-14H,11H2,1-4H3,(H,24,27)(H,26,28). The second kappa shape index (κ2) is 8.73. The highest BCUT2D eigenvalue weighted by atomic mass is 16.5. The van der Waals surface area contributed by atoms with Gasteiger partial charge >= 0.3 is 0 Å². The number of carbonyl (C=O) groups is 2. The van der Waals surface area contributed by atoms with Crippen molar-refractivity contribution in [1.82, 2.24) is 10.3 Å². The molecular weight excluding hydrogens is 366 g/mol. The van der Waals surface area contributed by atoms with E-state index in [0.29, 0.717) is 23.4 Å². The Labute approximate surface area is 170 Å². The van der Waals surface area contributed by atoms with Crippen molar-refractivity contribution in [3.63, 3.8) is 0 Å². The number of aryl methyl sites for hydroxylation is 1. The number of nitrogens with zero attached hydrogens (tertiary/aromatic N) is 1. The Bertz CT molecular complexity index is 1040. The number of methoxy groups -OCH3 is 1. The van der Waals surface area contributed by atoms with Crippen molar-refractivity contribution in [3.05, 3.63) is 65.4 Å². The third-order valence-electron chi connectivity index (χ3n) is 4.49. The molecule has 2 aromatic carbocycles. The summed E-state index contributed by atoms with van der Waals surface area (Å²) in [6, 6.07) is 14.8. The van der Waals surface area contributed by atoms with E-state index in [2.05, 4.69) is 15.6 Å². The van der Waals surface area contributed by atoms with Gasteiger partial charge in [0.1, 0.15) is 5.75 Å². The van der Waals surface area contributed by atoms with E-state index in [4.69, 9.17) is 4.74 Å². The van der Waals surface area contributed by atoms with Crippen molar-refractivity contribution in [2.75, 3.05) is 12.4 Å². The van der Waals surface area contributed by atoms with Gasteiger partial charge in [-0.2, -0.15) is 0 Å². The molecule has 0 unspecified atom stereocenters. The molecule has 2 amide bonds. The number of ether oxygens (including phenoxy) is 1. The first-order chi connectivity index (χ1) is 13.9. The van der Waals surface area contributed by atoms with Gasteiger partial charge in [-0.1, -0.05) is 12.1 Å². The van der Waals surface area contributed by atoms with Gasteiger partial charge in [0.15, 0.2) is 0 Å². The number of nitrogens with one attached hydrogen (secondary N) is 2. The number of pyridine rings is 1. The number of carbonyl (C=O) groups excluding carboxylic acids is 2. The molecule has 0 bridgehead atoms. The highest BCUT2D eigenvalue weighted by Gasteiger charge is 2.13. The van der Waals surface area contributed by atoms with Crippen LogP contribution in [0.2, 0.25) is 0 Å². The van der Waals surface area contributed by atoms with Crippen molar-refractivity contribution in [3.8, 4) is 5.75 Å². The van der Waals surface area contributed by atoms with Crippen molar-refractivity contribution in [1.29, 1.82) is 0 Å². The fourth-order valence-corrected chi connectivity index (χ4v) is 3.06. The summed E-state index contributed by atoms with van der Waals surface area (Å²) in [5.74, 6) is 0.480. The topological polar surface area (TPSA) is 80.3 Å². The van der Waals surface area contributed by atoms with Gasteiger partial charge in [0.25, 0.3) is 5.91 Å². The van der Waals surface area contributed by atoms with E-state index in [-0.39, 0.29) is 17.9 Å². The fraction of sp³-hybridized carbons (Fsp3) is 0.261. The van der Waals surface area contributed by atoms with Crippen LogP contribution in [0.25, 0.3) is 10.9 Å². The molecule has 6 heteroatoms. The molecule has 6 nitrogen and oxygen atoms in total. The van der Waals surface area contributed by atoms with Gasteiger partial charge < -0.3 is 15.4 Å². The van der Waals surface area contributed by atoms with Crippen LogP contribution in [0.1, 0.15) is 35.5 Å². The highest BCUT2D eigenvalue weighted by molar-refractivity contribution is 6.06. The van der Waals surface area contributed by atoms with Gasteiger partial charge in [-0.25, -0.2) is 0 Å². The summed E-state index contributed by atoms with van der Waals surface area (Å²) < 4.78 is 5.23. The minimum atomic E-state index is -0.224. The second-order valence-electron chi connectivity index (χ2n) is 7.23. The Morgan fingerprint density at radius 1 is 1.07 bits per heavy atom. The van der Waals surface area contributed by atoms with Crippen LogP contribution in [0, 0.1) is 6.92 Å². The molecule has 0 saturated carbocycles. The monoisotopic (exact) mass is 391 g/mol. The first-order valence-corrected chi connectivity index (χ1v) is 9.51. The number of anilines is 1. The molecule has 1 aromatic heterocycles. The highest BCUT2D eigenvalue weighted by Crippen LogP contribution is 2.22. The predicted molar refractivity (Wildman–Crippen MR) is 114 cm³/mol. The number of hydrogen-bond acceptors (Lipinski definition) is 4. The van der Waals surface area contributed by atoms with Crippen molar-refractivity contribution >= 4 is 28.4 Å². The molecule has 150 valence electrons. The zero-order valence-electron chi connectivity index (χ0n) is 17.1. The van der Waals surface area contributed by atoms with Crippen molar-refractivity contribution < 1.29 is 14.3 Å². The van der Waals surface area contributed by atoms with Gasteiger partial charge in [0.05, 0.1) is 30.3 Å². The Morgan fingerprint density at radius 3 is 2.45 bits per heavy atom. The Hall–Kier alpha value is -3.41. The van der Waals surface area contributed by atoms with E-state index in [1.54, 1.807) is 19.2 Å². The zero-order valence-corrected chi connectivity index (χ0v) is 17.1. The lowest BCUT2D eigenvalue weighted by Gasteiger charge is -2.11. The minimum Gasteiger partial charge on any atom is -0.497 e. The van der Waals surface area contributed by atoms with E-state index < -0.39 is 0 Å². The Kier molecular flexibility index (Phi) is 6.12. The zero-order chi connectivity index (χ0) is 21.0. The van der Waals surface area contributed by atoms with Crippen LogP contribution >= 0.6 is 0 Å². The van der Waals surface area contributed by atoms with Gasteiger partial charge in [0, 0.05) is 23.2 Å². The maximum Gasteiger partial charge on any atom is 0.257 e. The molecule has 0 saturated heterocycles. The molecule has 1 heterocycles. The molecule has 0 aliphatic heterocycles. The smallest absolute Gasteiger partial charge is 0.257 e. The Morgan fingerprint density at radius 2 is 1.79 bits per heavy atom. The second-order valence-corrected chi connectivity index (χ2v) is 7.23. The van der Waals surface area contributed by atoms with E-state index in [9.17, 15) is 9.59 Å². The van der Waals surface area contributed by atoms with Crippen LogP contribution < -0.4 is 15.4 Å². The Balaban J connectivity index is 1.73. The molecule has 0 spiro atoms.